The number of amides is 1. The van der Waals surface area contributed by atoms with E-state index < -0.39 is 6.61 Å². The minimum atomic E-state index is -2.93. The monoisotopic (exact) mass is 351 g/mol. The number of nitrogens with zero attached hydrogens (tertiary/aromatic N) is 1. The summed E-state index contributed by atoms with van der Waals surface area (Å²) in [4.78, 5) is 13.6. The number of furan rings is 1. The Labute approximate surface area is 144 Å². The van der Waals surface area contributed by atoms with Gasteiger partial charge in [0.25, 0.3) is 0 Å². The second-order valence-corrected chi connectivity index (χ2v) is 5.12. The average Bonchev–Trinajstić information content (AvgIpc) is 3.07. The molecule has 0 unspecified atom stereocenters. The fourth-order valence-corrected chi connectivity index (χ4v) is 2.10. The molecule has 0 radical (unpaired) electrons. The Morgan fingerprint density at radius 2 is 2.12 bits per heavy atom. The second kappa shape index (κ2) is 8.86. The minimum Gasteiger partial charge on any atom is -0.490 e. The lowest BCUT2D eigenvalue weighted by atomic mass is 10.2. The van der Waals surface area contributed by atoms with Crippen molar-refractivity contribution in [2.24, 2.45) is 0 Å². The SMILES string of the molecule is CCOc1cc(/C=C/C(=O)N(C)Cc2ccco2)ccc1OC(F)F. The highest BCUT2D eigenvalue weighted by atomic mass is 19.3. The molecule has 0 saturated heterocycles. The van der Waals surface area contributed by atoms with E-state index in [1.165, 1.54) is 23.1 Å². The summed E-state index contributed by atoms with van der Waals surface area (Å²) >= 11 is 0. The number of likely N-dealkylation sites (N-methyl/N-ethyl adjacent to an activating group) is 1. The van der Waals surface area contributed by atoms with Crippen LogP contribution < -0.4 is 9.47 Å². The van der Waals surface area contributed by atoms with Crippen LogP contribution in [0.4, 0.5) is 8.78 Å². The van der Waals surface area contributed by atoms with E-state index in [2.05, 4.69) is 4.74 Å². The summed E-state index contributed by atoms with van der Waals surface area (Å²) in [7, 11) is 1.65. The summed E-state index contributed by atoms with van der Waals surface area (Å²) in [5, 5.41) is 0. The maximum Gasteiger partial charge on any atom is 0.387 e. The zero-order valence-electron chi connectivity index (χ0n) is 13.9. The van der Waals surface area contributed by atoms with Crippen LogP contribution in [0.3, 0.4) is 0 Å². The summed E-state index contributed by atoms with van der Waals surface area (Å²) in [6.07, 6.45) is 4.51. The van der Waals surface area contributed by atoms with E-state index in [1.54, 1.807) is 44.5 Å². The average molecular weight is 351 g/mol. The van der Waals surface area contributed by atoms with Crippen molar-refractivity contribution in [2.45, 2.75) is 20.1 Å². The Hall–Kier alpha value is -2.83. The standard InChI is InChI=1S/C18H19F2NO4/c1-3-23-16-11-13(6-8-15(16)25-18(19)20)7-9-17(22)21(2)12-14-5-4-10-24-14/h4-11,18H,3,12H2,1-2H3/b9-7+. The summed E-state index contributed by atoms with van der Waals surface area (Å²) in [6.45, 7) is -0.543. The second-order valence-electron chi connectivity index (χ2n) is 5.12. The van der Waals surface area contributed by atoms with Crippen molar-refractivity contribution >= 4 is 12.0 Å². The fraction of sp³-hybridized carbons (Fsp3) is 0.278. The molecule has 2 rings (SSSR count). The molecule has 0 saturated carbocycles. The molecule has 2 aromatic rings. The molecule has 134 valence electrons. The molecule has 1 heterocycles. The summed E-state index contributed by atoms with van der Waals surface area (Å²) in [5.74, 6) is 0.607. The van der Waals surface area contributed by atoms with Gasteiger partial charge in [-0.1, -0.05) is 6.07 Å². The van der Waals surface area contributed by atoms with Gasteiger partial charge in [-0.05, 0) is 42.8 Å². The van der Waals surface area contributed by atoms with Crippen LogP contribution in [0.5, 0.6) is 11.5 Å². The number of carbonyl (C=O) groups is 1. The minimum absolute atomic E-state index is 0.0461. The van der Waals surface area contributed by atoms with Gasteiger partial charge in [-0.25, -0.2) is 0 Å². The fourth-order valence-electron chi connectivity index (χ4n) is 2.10. The molecule has 0 N–H and O–H groups in total. The highest BCUT2D eigenvalue weighted by Crippen LogP contribution is 2.30. The van der Waals surface area contributed by atoms with Gasteiger partial charge in [0, 0.05) is 13.1 Å². The number of hydrogen-bond acceptors (Lipinski definition) is 4. The van der Waals surface area contributed by atoms with Gasteiger partial charge in [-0.15, -0.1) is 0 Å². The van der Waals surface area contributed by atoms with Gasteiger partial charge in [-0.3, -0.25) is 4.79 Å². The van der Waals surface area contributed by atoms with Crippen LogP contribution in [0, 0.1) is 0 Å². The van der Waals surface area contributed by atoms with E-state index in [9.17, 15) is 13.6 Å². The molecule has 25 heavy (non-hydrogen) atoms. The van der Waals surface area contributed by atoms with Gasteiger partial charge < -0.3 is 18.8 Å². The van der Waals surface area contributed by atoms with Gasteiger partial charge in [0.1, 0.15) is 5.76 Å². The number of ether oxygens (including phenoxy) is 2. The topological polar surface area (TPSA) is 51.9 Å². The van der Waals surface area contributed by atoms with Gasteiger partial charge in [-0.2, -0.15) is 8.78 Å². The third-order valence-corrected chi connectivity index (χ3v) is 3.25. The first kappa shape index (κ1) is 18.5. The molecular formula is C18H19F2NO4. The third kappa shape index (κ3) is 5.63. The Kier molecular flexibility index (Phi) is 6.56. The highest BCUT2D eigenvalue weighted by molar-refractivity contribution is 5.91. The molecule has 7 heteroatoms. The molecule has 1 aromatic carbocycles. The number of carbonyl (C=O) groups excluding carboxylic acids is 1. The van der Waals surface area contributed by atoms with Crippen LogP contribution in [0.15, 0.2) is 47.1 Å². The largest absolute Gasteiger partial charge is 0.490 e. The van der Waals surface area contributed by atoms with Crippen molar-refractivity contribution in [1.29, 1.82) is 0 Å². The molecule has 0 aliphatic heterocycles. The molecular weight excluding hydrogens is 332 g/mol. The molecule has 0 fully saturated rings. The lowest BCUT2D eigenvalue weighted by molar-refractivity contribution is -0.125. The zero-order chi connectivity index (χ0) is 18.2. The molecule has 0 aliphatic carbocycles. The van der Waals surface area contributed by atoms with Gasteiger partial charge >= 0.3 is 6.61 Å². The summed E-state index contributed by atoms with van der Waals surface area (Å²) in [5.41, 5.74) is 0.629. The van der Waals surface area contributed by atoms with Crippen molar-refractivity contribution in [1.82, 2.24) is 4.90 Å². The Morgan fingerprint density at radius 3 is 2.76 bits per heavy atom. The summed E-state index contributed by atoms with van der Waals surface area (Å²) in [6, 6.07) is 8.02. The van der Waals surface area contributed by atoms with Crippen molar-refractivity contribution in [3.8, 4) is 11.5 Å². The highest BCUT2D eigenvalue weighted by Gasteiger charge is 2.11. The van der Waals surface area contributed by atoms with Crippen LogP contribution in [0.1, 0.15) is 18.2 Å². The molecule has 5 nitrogen and oxygen atoms in total. The third-order valence-electron chi connectivity index (χ3n) is 3.25. The smallest absolute Gasteiger partial charge is 0.387 e. The molecule has 0 bridgehead atoms. The Bertz CT molecular complexity index is 714. The van der Waals surface area contributed by atoms with E-state index in [-0.39, 0.29) is 17.4 Å². The summed E-state index contributed by atoms with van der Waals surface area (Å²) < 4.78 is 39.7. The maximum absolute atomic E-state index is 12.4. The van der Waals surface area contributed by atoms with Gasteiger partial charge in [0.05, 0.1) is 19.4 Å². The van der Waals surface area contributed by atoms with E-state index in [4.69, 9.17) is 9.15 Å². The maximum atomic E-state index is 12.4. The first-order chi connectivity index (χ1) is 12.0. The lowest BCUT2D eigenvalue weighted by Gasteiger charge is -2.13. The van der Waals surface area contributed by atoms with E-state index in [0.29, 0.717) is 24.5 Å². The van der Waals surface area contributed by atoms with Gasteiger partial charge in [0.2, 0.25) is 5.91 Å². The molecule has 0 atom stereocenters. The predicted molar refractivity (Wildman–Crippen MR) is 88.5 cm³/mol. The first-order valence-corrected chi connectivity index (χ1v) is 7.66. The predicted octanol–water partition coefficient (Wildman–Crippen LogP) is 3.95. The van der Waals surface area contributed by atoms with Crippen LogP contribution in [0.2, 0.25) is 0 Å². The molecule has 0 spiro atoms. The number of alkyl halides is 2. The van der Waals surface area contributed by atoms with E-state index >= 15 is 0 Å². The van der Waals surface area contributed by atoms with Crippen LogP contribution in [0.25, 0.3) is 6.08 Å². The van der Waals surface area contributed by atoms with Gasteiger partial charge in [0.15, 0.2) is 11.5 Å². The van der Waals surface area contributed by atoms with Crippen molar-refractivity contribution in [3.05, 3.63) is 54.0 Å². The Balaban J connectivity index is 2.06. The Morgan fingerprint density at radius 1 is 1.32 bits per heavy atom. The normalized spacial score (nSPS) is 11.1. The number of hydrogen-bond donors (Lipinski definition) is 0. The number of rotatable bonds is 8. The lowest BCUT2D eigenvalue weighted by Crippen LogP contribution is -2.23. The quantitative estimate of drug-likeness (QED) is 0.676. The molecule has 1 amide bonds. The van der Waals surface area contributed by atoms with E-state index in [1.807, 2.05) is 0 Å². The number of benzene rings is 1. The first-order valence-electron chi connectivity index (χ1n) is 7.66. The van der Waals surface area contributed by atoms with Crippen molar-refractivity contribution in [2.75, 3.05) is 13.7 Å². The van der Waals surface area contributed by atoms with Crippen LogP contribution in [-0.2, 0) is 11.3 Å². The molecule has 1 aromatic heterocycles. The van der Waals surface area contributed by atoms with Crippen molar-refractivity contribution < 1.29 is 27.5 Å². The number of halogens is 2. The van der Waals surface area contributed by atoms with Crippen LogP contribution >= 0.6 is 0 Å². The zero-order valence-corrected chi connectivity index (χ0v) is 13.9. The van der Waals surface area contributed by atoms with Crippen LogP contribution in [-0.4, -0.2) is 31.1 Å². The van der Waals surface area contributed by atoms with E-state index in [0.717, 1.165) is 0 Å². The van der Waals surface area contributed by atoms with Crippen molar-refractivity contribution in [3.63, 3.8) is 0 Å². The molecule has 0 aliphatic rings.